The van der Waals surface area contributed by atoms with Crippen LogP contribution in [0.25, 0.3) is 0 Å². The largest absolute Gasteiger partial charge is 0.425 e. The van der Waals surface area contributed by atoms with Crippen molar-refractivity contribution in [2.75, 3.05) is 0 Å². The molecule has 1 aromatic heterocycles. The van der Waals surface area contributed by atoms with Crippen molar-refractivity contribution in [2.45, 2.75) is 44.2 Å². The summed E-state index contributed by atoms with van der Waals surface area (Å²) in [7, 11) is 0. The summed E-state index contributed by atoms with van der Waals surface area (Å²) in [6, 6.07) is 0.0850. The maximum absolute atomic E-state index is 14.0. The third-order valence-corrected chi connectivity index (χ3v) is 3.46. The number of rotatable bonds is 1. The van der Waals surface area contributed by atoms with Crippen LogP contribution in [0.2, 0.25) is 0 Å². The Bertz CT molecular complexity index is 530. The van der Waals surface area contributed by atoms with Crippen molar-refractivity contribution in [1.29, 1.82) is 0 Å². The number of halogens is 4. The molecular formula is C12H13F4NO2. The number of hydrogen-bond donors (Lipinski definition) is 1. The van der Waals surface area contributed by atoms with Crippen LogP contribution in [-0.4, -0.2) is 9.94 Å². The highest BCUT2D eigenvalue weighted by molar-refractivity contribution is 5.25. The van der Waals surface area contributed by atoms with E-state index in [4.69, 9.17) is 0 Å². The fourth-order valence-corrected chi connectivity index (χ4v) is 2.53. The van der Waals surface area contributed by atoms with Gasteiger partial charge in [-0.05, 0) is 12.8 Å². The van der Waals surface area contributed by atoms with Crippen molar-refractivity contribution >= 4 is 0 Å². The lowest BCUT2D eigenvalue weighted by Gasteiger charge is -2.24. The molecule has 0 atom stereocenters. The SMILES string of the molecule is O=c1cc(C(F)(F)F)c(F)c(C2CCCCC2)n1O. The zero-order valence-electron chi connectivity index (χ0n) is 10.0. The van der Waals surface area contributed by atoms with Gasteiger partial charge in [-0.1, -0.05) is 19.3 Å². The van der Waals surface area contributed by atoms with Gasteiger partial charge in [0.15, 0.2) is 5.82 Å². The van der Waals surface area contributed by atoms with E-state index in [1.807, 2.05) is 0 Å². The van der Waals surface area contributed by atoms with Crippen molar-refractivity contribution in [3.05, 3.63) is 33.5 Å². The molecule has 0 saturated heterocycles. The minimum atomic E-state index is -4.94. The van der Waals surface area contributed by atoms with Gasteiger partial charge in [0.25, 0.3) is 5.56 Å². The molecule has 0 amide bonds. The van der Waals surface area contributed by atoms with Crippen LogP contribution in [-0.2, 0) is 6.18 Å². The molecule has 7 heteroatoms. The minimum absolute atomic E-state index is 0.0144. The first kappa shape index (κ1) is 13.9. The zero-order chi connectivity index (χ0) is 14.2. The Labute approximate surface area is 106 Å². The molecule has 1 aromatic rings. The number of pyridine rings is 1. The van der Waals surface area contributed by atoms with E-state index >= 15 is 0 Å². The average Bonchev–Trinajstić information content (AvgIpc) is 2.34. The summed E-state index contributed by atoms with van der Waals surface area (Å²) >= 11 is 0. The molecule has 1 aliphatic rings. The quantitative estimate of drug-likeness (QED) is 0.633. The molecule has 19 heavy (non-hydrogen) atoms. The molecule has 0 aromatic carbocycles. The molecule has 0 spiro atoms. The van der Waals surface area contributed by atoms with Crippen LogP contribution in [0.3, 0.4) is 0 Å². The van der Waals surface area contributed by atoms with E-state index in [0.717, 1.165) is 19.3 Å². The average molecular weight is 279 g/mol. The molecule has 2 rings (SSSR count). The predicted octanol–water partition coefficient (Wildman–Crippen LogP) is 3.29. The minimum Gasteiger partial charge on any atom is -0.425 e. The first-order chi connectivity index (χ1) is 8.82. The van der Waals surface area contributed by atoms with Crippen LogP contribution < -0.4 is 5.56 Å². The summed E-state index contributed by atoms with van der Waals surface area (Å²) in [4.78, 5) is 11.3. The van der Waals surface area contributed by atoms with Crippen LogP contribution in [0.4, 0.5) is 17.6 Å². The number of nitrogens with zero attached hydrogens (tertiary/aromatic N) is 1. The van der Waals surface area contributed by atoms with Gasteiger partial charge in [0.2, 0.25) is 0 Å². The maximum Gasteiger partial charge on any atom is 0.419 e. The number of alkyl halides is 3. The second-order valence-electron chi connectivity index (χ2n) is 4.74. The van der Waals surface area contributed by atoms with Gasteiger partial charge in [-0.25, -0.2) is 4.39 Å². The maximum atomic E-state index is 14.0. The summed E-state index contributed by atoms with van der Waals surface area (Å²) in [5.74, 6) is -2.09. The van der Waals surface area contributed by atoms with Crippen molar-refractivity contribution in [1.82, 2.24) is 4.73 Å². The molecule has 1 fully saturated rings. The second-order valence-corrected chi connectivity index (χ2v) is 4.74. The fraction of sp³-hybridized carbons (Fsp3) is 0.583. The standard InChI is InChI=1S/C12H13F4NO2/c13-10-8(12(14,15)16)6-9(18)17(19)11(10)7-4-2-1-3-5-7/h6-7,19H,1-5H2. The summed E-state index contributed by atoms with van der Waals surface area (Å²) in [6.45, 7) is 0. The first-order valence-electron chi connectivity index (χ1n) is 6.04. The van der Waals surface area contributed by atoms with E-state index in [2.05, 4.69) is 0 Å². The lowest BCUT2D eigenvalue weighted by molar-refractivity contribution is -0.140. The fourth-order valence-electron chi connectivity index (χ4n) is 2.53. The van der Waals surface area contributed by atoms with E-state index in [0.29, 0.717) is 12.8 Å². The lowest BCUT2D eigenvalue weighted by Crippen LogP contribution is -2.28. The summed E-state index contributed by atoms with van der Waals surface area (Å²) < 4.78 is 51.9. The Morgan fingerprint density at radius 3 is 2.32 bits per heavy atom. The van der Waals surface area contributed by atoms with Gasteiger partial charge in [-0.2, -0.15) is 13.2 Å². The van der Waals surface area contributed by atoms with E-state index in [-0.39, 0.29) is 10.8 Å². The molecular weight excluding hydrogens is 266 g/mol. The molecule has 1 aliphatic carbocycles. The van der Waals surface area contributed by atoms with Crippen molar-refractivity contribution < 1.29 is 22.8 Å². The van der Waals surface area contributed by atoms with Gasteiger partial charge in [0.1, 0.15) is 5.69 Å². The number of hydrogen-bond acceptors (Lipinski definition) is 2. The van der Waals surface area contributed by atoms with Crippen LogP contribution in [0.15, 0.2) is 10.9 Å². The molecule has 0 unspecified atom stereocenters. The van der Waals surface area contributed by atoms with Crippen LogP contribution in [0.1, 0.15) is 49.3 Å². The Morgan fingerprint density at radius 1 is 1.21 bits per heavy atom. The molecule has 1 N–H and O–H groups in total. The first-order valence-corrected chi connectivity index (χ1v) is 6.04. The Balaban J connectivity index is 2.58. The lowest BCUT2D eigenvalue weighted by atomic mass is 9.86. The Kier molecular flexibility index (Phi) is 3.56. The molecule has 0 aliphatic heterocycles. The van der Waals surface area contributed by atoms with Gasteiger partial charge >= 0.3 is 6.18 Å². The molecule has 3 nitrogen and oxygen atoms in total. The van der Waals surface area contributed by atoms with Crippen LogP contribution in [0, 0.1) is 5.82 Å². The molecule has 0 bridgehead atoms. The van der Waals surface area contributed by atoms with E-state index < -0.39 is 34.7 Å². The normalized spacial score (nSPS) is 17.7. The smallest absolute Gasteiger partial charge is 0.419 e. The predicted molar refractivity (Wildman–Crippen MR) is 58.7 cm³/mol. The van der Waals surface area contributed by atoms with Crippen molar-refractivity contribution in [3.8, 4) is 0 Å². The molecule has 1 saturated carbocycles. The van der Waals surface area contributed by atoms with Crippen LogP contribution >= 0.6 is 0 Å². The third kappa shape index (κ3) is 2.59. The van der Waals surface area contributed by atoms with Crippen molar-refractivity contribution in [3.63, 3.8) is 0 Å². The molecule has 1 heterocycles. The van der Waals surface area contributed by atoms with Gasteiger partial charge in [0, 0.05) is 12.0 Å². The van der Waals surface area contributed by atoms with E-state index in [1.165, 1.54) is 0 Å². The topological polar surface area (TPSA) is 42.2 Å². The Morgan fingerprint density at radius 2 is 1.79 bits per heavy atom. The summed E-state index contributed by atoms with van der Waals surface area (Å²) in [6.07, 6.45) is -1.59. The molecule has 0 radical (unpaired) electrons. The van der Waals surface area contributed by atoms with Gasteiger partial charge in [0.05, 0.1) is 5.56 Å². The van der Waals surface area contributed by atoms with Gasteiger partial charge in [-0.15, -0.1) is 4.73 Å². The third-order valence-electron chi connectivity index (χ3n) is 3.46. The van der Waals surface area contributed by atoms with Crippen molar-refractivity contribution in [2.24, 2.45) is 0 Å². The Hall–Kier alpha value is -1.53. The van der Waals surface area contributed by atoms with Gasteiger partial charge < -0.3 is 5.21 Å². The molecule has 106 valence electrons. The highest BCUT2D eigenvalue weighted by atomic mass is 19.4. The highest BCUT2D eigenvalue weighted by Gasteiger charge is 2.38. The van der Waals surface area contributed by atoms with E-state index in [9.17, 15) is 27.6 Å². The van der Waals surface area contributed by atoms with E-state index in [1.54, 1.807) is 0 Å². The zero-order valence-corrected chi connectivity index (χ0v) is 10.0. The highest BCUT2D eigenvalue weighted by Crippen LogP contribution is 2.37. The second kappa shape index (κ2) is 4.86. The summed E-state index contributed by atoms with van der Waals surface area (Å²) in [5, 5.41) is 9.52. The summed E-state index contributed by atoms with van der Waals surface area (Å²) in [5.41, 5.74) is -3.41. The van der Waals surface area contributed by atoms with Gasteiger partial charge in [-0.3, -0.25) is 4.79 Å². The number of aromatic nitrogens is 1. The van der Waals surface area contributed by atoms with Crippen LogP contribution in [0.5, 0.6) is 0 Å². The monoisotopic (exact) mass is 279 g/mol.